The van der Waals surface area contributed by atoms with Gasteiger partial charge in [-0.2, -0.15) is 4.99 Å². The van der Waals surface area contributed by atoms with Gasteiger partial charge < -0.3 is 21.5 Å². The number of ether oxygens (including phenoxy) is 1. The Kier molecular flexibility index (Phi) is 5.65. The van der Waals surface area contributed by atoms with Crippen LogP contribution >= 0.6 is 0 Å². The molecule has 0 radical (unpaired) electrons. The summed E-state index contributed by atoms with van der Waals surface area (Å²) in [5.74, 6) is 0.457. The third-order valence-corrected chi connectivity index (χ3v) is 5.14. The Balaban J connectivity index is 1.90. The lowest BCUT2D eigenvalue weighted by Gasteiger charge is -2.46. The quantitative estimate of drug-likeness (QED) is 0.677. The number of amides is 1. The normalized spacial score (nSPS) is 18.8. The topological polar surface area (TPSA) is 118 Å². The van der Waals surface area contributed by atoms with Gasteiger partial charge in [0.15, 0.2) is 0 Å². The molecule has 8 nitrogen and oxygen atoms in total. The van der Waals surface area contributed by atoms with Crippen molar-refractivity contribution in [3.8, 4) is 0 Å². The Hall–Kier alpha value is -2.61. The van der Waals surface area contributed by atoms with E-state index in [9.17, 15) is 4.79 Å². The number of nitrogens with one attached hydrogen (secondary N) is 1. The van der Waals surface area contributed by atoms with Crippen LogP contribution in [0.5, 0.6) is 0 Å². The maximum atomic E-state index is 12.3. The van der Waals surface area contributed by atoms with Gasteiger partial charge in [-0.1, -0.05) is 6.42 Å². The fourth-order valence-electron chi connectivity index (χ4n) is 3.89. The molecular weight excluding hydrogens is 344 g/mol. The summed E-state index contributed by atoms with van der Waals surface area (Å²) in [6.07, 6.45) is 5.08. The fraction of sp³-hybridized carbons (Fsp3) is 0.526. The summed E-state index contributed by atoms with van der Waals surface area (Å²) in [4.78, 5) is 23.2. The summed E-state index contributed by atoms with van der Waals surface area (Å²) >= 11 is 0. The van der Waals surface area contributed by atoms with Crippen molar-refractivity contribution in [2.45, 2.75) is 44.7 Å². The lowest BCUT2D eigenvalue weighted by Crippen LogP contribution is -2.58. The number of carbonyl (C=O) groups excluding carboxylic acids is 1. The van der Waals surface area contributed by atoms with Crippen LogP contribution in [0.3, 0.4) is 0 Å². The monoisotopic (exact) mass is 372 g/mol. The standard InChI is InChI=1S/C19H28N6O2/c1-13-12-14(16(26)22-10-11-27-2)6-7-15(13)25-18(21)23-17(20)24-19(25)8-4-3-5-9-19/h6-7,12H,3-5,8-11H2,1-2H3,(H,22,26)(H4,20,21,23,24). The number of guanidine groups is 2. The molecule has 1 aromatic carbocycles. The predicted octanol–water partition coefficient (Wildman–Crippen LogP) is 1.48. The first kappa shape index (κ1) is 19.2. The number of benzene rings is 1. The van der Waals surface area contributed by atoms with Gasteiger partial charge in [-0.15, -0.1) is 0 Å². The summed E-state index contributed by atoms with van der Waals surface area (Å²) in [5.41, 5.74) is 14.2. The van der Waals surface area contributed by atoms with E-state index >= 15 is 0 Å². The Bertz CT molecular complexity index is 767. The molecule has 0 saturated heterocycles. The highest BCUT2D eigenvalue weighted by Gasteiger charge is 2.43. The zero-order valence-electron chi connectivity index (χ0n) is 16.0. The molecule has 1 amide bonds. The van der Waals surface area contributed by atoms with Crippen LogP contribution in [0, 0.1) is 6.92 Å². The highest BCUT2D eigenvalue weighted by Crippen LogP contribution is 2.40. The summed E-state index contributed by atoms with van der Waals surface area (Å²) in [6.45, 7) is 2.91. The van der Waals surface area contributed by atoms with E-state index in [0.29, 0.717) is 24.7 Å². The Morgan fingerprint density at radius 2 is 2.04 bits per heavy atom. The molecule has 3 rings (SSSR count). The summed E-state index contributed by atoms with van der Waals surface area (Å²) in [7, 11) is 1.60. The second-order valence-electron chi connectivity index (χ2n) is 7.07. The van der Waals surface area contributed by atoms with Gasteiger partial charge in [0.2, 0.25) is 11.9 Å². The number of methoxy groups -OCH3 is 1. The van der Waals surface area contributed by atoms with Crippen molar-refractivity contribution in [1.29, 1.82) is 0 Å². The number of hydrogen-bond donors (Lipinski definition) is 3. The molecule has 27 heavy (non-hydrogen) atoms. The maximum Gasteiger partial charge on any atom is 0.251 e. The molecule has 0 unspecified atom stereocenters. The molecule has 0 aromatic heterocycles. The summed E-state index contributed by atoms with van der Waals surface area (Å²) in [5, 5.41) is 2.83. The molecule has 146 valence electrons. The number of rotatable bonds is 5. The molecule has 1 spiro atoms. The molecule has 8 heteroatoms. The predicted molar refractivity (Wildman–Crippen MR) is 107 cm³/mol. The molecule has 0 bridgehead atoms. The smallest absolute Gasteiger partial charge is 0.251 e. The van der Waals surface area contributed by atoms with E-state index in [1.165, 1.54) is 6.42 Å². The third-order valence-electron chi connectivity index (χ3n) is 5.14. The zero-order chi connectivity index (χ0) is 19.4. The average Bonchev–Trinajstić information content (AvgIpc) is 2.63. The maximum absolute atomic E-state index is 12.3. The van der Waals surface area contributed by atoms with Crippen LogP contribution < -0.4 is 21.7 Å². The van der Waals surface area contributed by atoms with Crippen LogP contribution in [-0.4, -0.2) is 43.8 Å². The second kappa shape index (κ2) is 7.96. The Morgan fingerprint density at radius 3 is 2.70 bits per heavy atom. The van der Waals surface area contributed by atoms with Crippen molar-refractivity contribution in [3.63, 3.8) is 0 Å². The first-order valence-corrected chi connectivity index (χ1v) is 9.34. The van der Waals surface area contributed by atoms with E-state index in [0.717, 1.165) is 36.9 Å². The van der Waals surface area contributed by atoms with Crippen molar-refractivity contribution in [1.82, 2.24) is 5.32 Å². The number of carbonyl (C=O) groups is 1. The van der Waals surface area contributed by atoms with Crippen LogP contribution in [0.15, 0.2) is 28.2 Å². The minimum absolute atomic E-state index is 0.128. The number of nitrogens with two attached hydrogens (primary N) is 2. The fourth-order valence-corrected chi connectivity index (χ4v) is 3.89. The highest BCUT2D eigenvalue weighted by molar-refractivity contribution is 6.06. The Labute approximate surface area is 159 Å². The van der Waals surface area contributed by atoms with E-state index < -0.39 is 5.66 Å². The number of anilines is 1. The molecule has 1 aliphatic carbocycles. The van der Waals surface area contributed by atoms with Crippen molar-refractivity contribution in [2.24, 2.45) is 21.5 Å². The lowest BCUT2D eigenvalue weighted by molar-refractivity contribution is 0.0937. The van der Waals surface area contributed by atoms with Crippen molar-refractivity contribution in [3.05, 3.63) is 29.3 Å². The molecule has 1 saturated carbocycles. The molecule has 1 fully saturated rings. The van der Waals surface area contributed by atoms with Crippen molar-refractivity contribution in [2.75, 3.05) is 25.2 Å². The Morgan fingerprint density at radius 1 is 1.30 bits per heavy atom. The number of hydrogen-bond acceptors (Lipinski definition) is 7. The first-order chi connectivity index (χ1) is 13.0. The molecule has 1 aliphatic heterocycles. The van der Waals surface area contributed by atoms with E-state index in [2.05, 4.69) is 15.3 Å². The molecule has 1 heterocycles. The van der Waals surface area contributed by atoms with Gasteiger partial charge in [-0.05, 0) is 56.4 Å². The van der Waals surface area contributed by atoms with Gasteiger partial charge in [0, 0.05) is 24.9 Å². The van der Waals surface area contributed by atoms with Crippen molar-refractivity contribution < 1.29 is 9.53 Å². The van der Waals surface area contributed by atoms with Gasteiger partial charge in [0.05, 0.1) is 6.61 Å². The van der Waals surface area contributed by atoms with Crippen LogP contribution in [0.25, 0.3) is 0 Å². The molecule has 2 aliphatic rings. The van der Waals surface area contributed by atoms with Gasteiger partial charge in [-0.3, -0.25) is 9.69 Å². The number of nitrogens with zero attached hydrogens (tertiary/aromatic N) is 3. The van der Waals surface area contributed by atoms with Gasteiger partial charge in [0.25, 0.3) is 5.91 Å². The SMILES string of the molecule is COCCNC(=O)c1ccc(N2C(N)=NC(N)=NC23CCCCC3)c(C)c1. The summed E-state index contributed by atoms with van der Waals surface area (Å²) in [6, 6.07) is 5.58. The van der Waals surface area contributed by atoms with E-state index in [-0.39, 0.29) is 11.9 Å². The van der Waals surface area contributed by atoms with Crippen LogP contribution in [0.1, 0.15) is 48.0 Å². The van der Waals surface area contributed by atoms with Gasteiger partial charge >= 0.3 is 0 Å². The highest BCUT2D eigenvalue weighted by atomic mass is 16.5. The second-order valence-corrected chi connectivity index (χ2v) is 7.07. The lowest BCUT2D eigenvalue weighted by atomic mass is 9.87. The molecule has 1 aromatic rings. The zero-order valence-corrected chi connectivity index (χ0v) is 16.0. The minimum Gasteiger partial charge on any atom is -0.383 e. The molecule has 5 N–H and O–H groups in total. The number of aryl methyl sites for hydroxylation is 1. The van der Waals surface area contributed by atoms with E-state index in [4.69, 9.17) is 16.2 Å². The molecule has 0 atom stereocenters. The van der Waals surface area contributed by atoms with Crippen molar-refractivity contribution >= 4 is 23.5 Å². The van der Waals surface area contributed by atoms with Crippen LogP contribution in [0.4, 0.5) is 5.69 Å². The average molecular weight is 372 g/mol. The van der Waals surface area contributed by atoms with E-state index in [1.807, 2.05) is 24.0 Å². The van der Waals surface area contributed by atoms with Crippen LogP contribution in [-0.2, 0) is 4.74 Å². The van der Waals surface area contributed by atoms with Gasteiger partial charge in [-0.25, -0.2) is 4.99 Å². The first-order valence-electron chi connectivity index (χ1n) is 9.34. The largest absolute Gasteiger partial charge is 0.383 e. The summed E-state index contributed by atoms with van der Waals surface area (Å²) < 4.78 is 4.96. The van der Waals surface area contributed by atoms with Crippen LogP contribution in [0.2, 0.25) is 0 Å². The number of aliphatic imine (C=N–C) groups is 2. The van der Waals surface area contributed by atoms with E-state index in [1.54, 1.807) is 13.2 Å². The minimum atomic E-state index is -0.485. The van der Waals surface area contributed by atoms with Gasteiger partial charge in [0.1, 0.15) is 5.66 Å². The third kappa shape index (κ3) is 3.90. The molecular formula is C19H28N6O2.